The summed E-state index contributed by atoms with van der Waals surface area (Å²) in [4.78, 5) is 35.4. The molecule has 8 heteroatoms. The zero-order chi connectivity index (χ0) is 22.5. The van der Waals surface area contributed by atoms with Crippen molar-refractivity contribution in [2.45, 2.75) is 18.9 Å². The summed E-state index contributed by atoms with van der Waals surface area (Å²) in [5.41, 5.74) is 7.34. The van der Waals surface area contributed by atoms with Gasteiger partial charge < -0.3 is 26.4 Å². The van der Waals surface area contributed by atoms with E-state index < -0.39 is 5.91 Å². The quantitative estimate of drug-likeness (QED) is 0.450. The highest BCUT2D eigenvalue weighted by molar-refractivity contribution is 6.04. The molecule has 0 saturated heterocycles. The van der Waals surface area contributed by atoms with Gasteiger partial charge in [0.2, 0.25) is 5.91 Å². The molecule has 1 saturated carbocycles. The molecule has 32 heavy (non-hydrogen) atoms. The van der Waals surface area contributed by atoms with Gasteiger partial charge in [-0.2, -0.15) is 0 Å². The highest BCUT2D eigenvalue weighted by Gasteiger charge is 2.23. The molecule has 0 heterocycles. The number of carbonyl (C=O) groups excluding carboxylic acids is 3. The first-order chi connectivity index (χ1) is 15.5. The zero-order valence-corrected chi connectivity index (χ0v) is 17.1. The van der Waals surface area contributed by atoms with Crippen molar-refractivity contribution in [2.24, 2.45) is 5.73 Å². The fourth-order valence-electron chi connectivity index (χ4n) is 2.92. The van der Waals surface area contributed by atoms with E-state index in [1.807, 2.05) is 0 Å². The van der Waals surface area contributed by atoms with Crippen LogP contribution >= 0.6 is 0 Å². The van der Waals surface area contributed by atoms with Crippen molar-refractivity contribution in [1.82, 2.24) is 5.32 Å². The molecule has 3 aromatic carbocycles. The molecule has 162 valence electrons. The van der Waals surface area contributed by atoms with Crippen molar-refractivity contribution < 1.29 is 19.1 Å². The van der Waals surface area contributed by atoms with Gasteiger partial charge in [-0.15, -0.1) is 0 Å². The number of urea groups is 1. The Bertz CT molecular complexity index is 1120. The number of primary amides is 1. The number of amides is 4. The van der Waals surface area contributed by atoms with Gasteiger partial charge in [0.1, 0.15) is 11.5 Å². The number of ether oxygens (including phenoxy) is 1. The van der Waals surface area contributed by atoms with Gasteiger partial charge in [0.05, 0.1) is 0 Å². The lowest BCUT2D eigenvalue weighted by Crippen LogP contribution is -2.30. The summed E-state index contributed by atoms with van der Waals surface area (Å²) in [6, 6.07) is 20.1. The number of nitrogens with two attached hydrogens (primary N) is 1. The molecule has 1 fully saturated rings. The summed E-state index contributed by atoms with van der Waals surface area (Å²) in [7, 11) is 0. The van der Waals surface area contributed by atoms with Crippen LogP contribution in [0.4, 0.5) is 16.2 Å². The molecule has 8 nitrogen and oxygen atoms in total. The maximum Gasteiger partial charge on any atom is 0.319 e. The maximum atomic E-state index is 12.5. The number of anilines is 2. The van der Waals surface area contributed by atoms with Crippen LogP contribution < -0.4 is 26.4 Å². The molecule has 5 N–H and O–H groups in total. The SMILES string of the molecule is NC(=O)c1ccc(Oc2ccc(C(=O)Nc3ccc(NC(=O)NC4CC4)cc3)cc2)cc1. The van der Waals surface area contributed by atoms with Gasteiger partial charge in [-0.05, 0) is 85.6 Å². The first-order valence-electron chi connectivity index (χ1n) is 10.1. The Kier molecular flexibility index (Phi) is 6.03. The highest BCUT2D eigenvalue weighted by Crippen LogP contribution is 2.23. The Morgan fingerprint density at radius 1 is 0.719 bits per heavy atom. The van der Waals surface area contributed by atoms with E-state index in [0.29, 0.717) is 34.0 Å². The van der Waals surface area contributed by atoms with Crippen LogP contribution in [0, 0.1) is 0 Å². The van der Waals surface area contributed by atoms with Crippen LogP contribution in [-0.2, 0) is 0 Å². The van der Waals surface area contributed by atoms with Gasteiger partial charge >= 0.3 is 6.03 Å². The standard InChI is InChI=1S/C24H22N4O4/c25-22(29)15-1-11-20(12-2-15)32-21-13-3-16(4-14-21)23(30)26-17-5-7-18(8-6-17)27-24(31)28-19-9-10-19/h1-8,11-14,19H,9-10H2,(H2,25,29)(H,26,30)(H2,27,28,31). The topological polar surface area (TPSA) is 123 Å². The van der Waals surface area contributed by atoms with Crippen LogP contribution in [0.5, 0.6) is 11.5 Å². The third kappa shape index (κ3) is 5.63. The number of nitrogens with one attached hydrogen (secondary N) is 3. The fourth-order valence-corrected chi connectivity index (χ4v) is 2.92. The van der Waals surface area contributed by atoms with Crippen LogP contribution in [0.15, 0.2) is 72.8 Å². The van der Waals surface area contributed by atoms with Gasteiger partial charge in [-0.3, -0.25) is 9.59 Å². The first-order valence-corrected chi connectivity index (χ1v) is 10.1. The van der Waals surface area contributed by atoms with Gasteiger partial charge in [0.25, 0.3) is 5.91 Å². The second kappa shape index (κ2) is 9.22. The lowest BCUT2D eigenvalue weighted by atomic mass is 10.2. The number of hydrogen-bond acceptors (Lipinski definition) is 4. The molecule has 0 atom stereocenters. The third-order valence-electron chi connectivity index (χ3n) is 4.80. The molecule has 1 aliphatic rings. The van der Waals surface area contributed by atoms with E-state index in [9.17, 15) is 14.4 Å². The van der Waals surface area contributed by atoms with E-state index in [-0.39, 0.29) is 18.0 Å². The number of rotatable bonds is 7. The lowest BCUT2D eigenvalue weighted by molar-refractivity contribution is 0.0997. The fraction of sp³-hybridized carbons (Fsp3) is 0.125. The van der Waals surface area contributed by atoms with Crippen molar-refractivity contribution in [3.8, 4) is 11.5 Å². The molecule has 3 aromatic rings. The molecular formula is C24H22N4O4. The van der Waals surface area contributed by atoms with Crippen molar-refractivity contribution in [3.63, 3.8) is 0 Å². The average Bonchev–Trinajstić information content (AvgIpc) is 3.60. The molecule has 4 rings (SSSR count). The molecular weight excluding hydrogens is 408 g/mol. The smallest absolute Gasteiger partial charge is 0.319 e. The highest BCUT2D eigenvalue weighted by atomic mass is 16.5. The first kappa shape index (κ1) is 20.9. The largest absolute Gasteiger partial charge is 0.457 e. The van der Waals surface area contributed by atoms with Crippen LogP contribution in [-0.4, -0.2) is 23.9 Å². The Morgan fingerprint density at radius 3 is 1.72 bits per heavy atom. The maximum absolute atomic E-state index is 12.5. The summed E-state index contributed by atoms with van der Waals surface area (Å²) < 4.78 is 5.72. The molecule has 1 aliphatic carbocycles. The van der Waals surface area contributed by atoms with Gasteiger partial charge in [0.15, 0.2) is 0 Å². The third-order valence-corrected chi connectivity index (χ3v) is 4.80. The van der Waals surface area contributed by atoms with E-state index in [2.05, 4.69) is 16.0 Å². The second-order valence-corrected chi connectivity index (χ2v) is 7.42. The van der Waals surface area contributed by atoms with Crippen molar-refractivity contribution >= 4 is 29.2 Å². The van der Waals surface area contributed by atoms with Crippen LogP contribution in [0.2, 0.25) is 0 Å². The van der Waals surface area contributed by atoms with Gasteiger partial charge in [0, 0.05) is 28.5 Å². The zero-order valence-electron chi connectivity index (χ0n) is 17.1. The summed E-state index contributed by atoms with van der Waals surface area (Å²) in [6.45, 7) is 0. The van der Waals surface area contributed by atoms with E-state index >= 15 is 0 Å². The normalized spacial score (nSPS) is 12.5. The minimum absolute atomic E-state index is 0.226. The molecule has 4 amide bonds. The summed E-state index contributed by atoms with van der Waals surface area (Å²) >= 11 is 0. The molecule has 0 unspecified atom stereocenters. The minimum Gasteiger partial charge on any atom is -0.457 e. The summed E-state index contributed by atoms with van der Waals surface area (Å²) in [6.07, 6.45) is 2.05. The number of carbonyl (C=O) groups is 3. The average molecular weight is 430 g/mol. The van der Waals surface area contributed by atoms with Crippen molar-refractivity contribution in [3.05, 3.63) is 83.9 Å². The monoisotopic (exact) mass is 430 g/mol. The van der Waals surface area contributed by atoms with Crippen molar-refractivity contribution in [1.29, 1.82) is 0 Å². The Morgan fingerprint density at radius 2 is 1.22 bits per heavy atom. The molecule has 0 spiro atoms. The van der Waals surface area contributed by atoms with Crippen LogP contribution in [0.25, 0.3) is 0 Å². The van der Waals surface area contributed by atoms with E-state index in [1.54, 1.807) is 72.8 Å². The van der Waals surface area contributed by atoms with Crippen LogP contribution in [0.3, 0.4) is 0 Å². The predicted octanol–water partition coefficient (Wildman–Crippen LogP) is 4.11. The molecule has 0 aromatic heterocycles. The summed E-state index contributed by atoms with van der Waals surface area (Å²) in [5, 5.41) is 8.42. The Hall–Kier alpha value is -4.33. The number of hydrogen-bond donors (Lipinski definition) is 4. The Balaban J connectivity index is 1.31. The summed E-state index contributed by atoms with van der Waals surface area (Å²) in [5.74, 6) is 0.325. The van der Waals surface area contributed by atoms with Gasteiger partial charge in [-0.1, -0.05) is 0 Å². The number of benzene rings is 3. The van der Waals surface area contributed by atoms with Crippen molar-refractivity contribution in [2.75, 3.05) is 10.6 Å². The van der Waals surface area contributed by atoms with E-state index in [4.69, 9.17) is 10.5 Å². The van der Waals surface area contributed by atoms with E-state index in [0.717, 1.165) is 12.8 Å². The second-order valence-electron chi connectivity index (χ2n) is 7.42. The molecule has 0 bridgehead atoms. The lowest BCUT2D eigenvalue weighted by Gasteiger charge is -2.09. The van der Waals surface area contributed by atoms with E-state index in [1.165, 1.54) is 0 Å². The molecule has 0 radical (unpaired) electrons. The minimum atomic E-state index is -0.503. The van der Waals surface area contributed by atoms with Crippen LogP contribution in [0.1, 0.15) is 33.6 Å². The predicted molar refractivity (Wildman–Crippen MR) is 121 cm³/mol. The van der Waals surface area contributed by atoms with Gasteiger partial charge in [-0.25, -0.2) is 4.79 Å². The molecule has 0 aliphatic heterocycles. The Labute approximate surface area is 184 Å².